The minimum Gasteiger partial charge on any atom is -0.477 e. The molecule has 0 bridgehead atoms. The highest BCUT2D eigenvalue weighted by Gasteiger charge is 2.22. The van der Waals surface area contributed by atoms with Crippen molar-refractivity contribution in [1.82, 2.24) is 4.98 Å². The van der Waals surface area contributed by atoms with Gasteiger partial charge in [-0.05, 0) is 37.8 Å². The maximum absolute atomic E-state index is 11.1. The van der Waals surface area contributed by atoms with Crippen LogP contribution in [0.5, 0.6) is 5.88 Å². The van der Waals surface area contributed by atoms with E-state index in [0.29, 0.717) is 12.2 Å². The smallest absolute Gasteiger partial charge is 0.341 e. The van der Waals surface area contributed by atoms with E-state index in [1.54, 1.807) is 13.0 Å². The summed E-state index contributed by atoms with van der Waals surface area (Å²) in [6.07, 6.45) is 3.54. The SMILES string of the molecule is Cc1cc(C)c(C(=O)O)c(OCCC2CC2)n1. The van der Waals surface area contributed by atoms with Crippen LogP contribution in [-0.4, -0.2) is 22.7 Å². The number of aromatic nitrogens is 1. The number of carbonyl (C=O) groups is 1. The highest BCUT2D eigenvalue weighted by Crippen LogP contribution is 2.32. The molecule has 92 valence electrons. The van der Waals surface area contributed by atoms with Crippen molar-refractivity contribution in [2.24, 2.45) is 5.92 Å². The van der Waals surface area contributed by atoms with Gasteiger partial charge in [-0.1, -0.05) is 12.8 Å². The third-order valence-electron chi connectivity index (χ3n) is 2.99. The van der Waals surface area contributed by atoms with Crippen LogP contribution in [0.3, 0.4) is 0 Å². The molecular weight excluding hydrogens is 218 g/mol. The van der Waals surface area contributed by atoms with Crippen molar-refractivity contribution in [2.45, 2.75) is 33.1 Å². The molecular formula is C13H17NO3. The molecule has 2 rings (SSSR count). The van der Waals surface area contributed by atoms with E-state index in [2.05, 4.69) is 4.98 Å². The van der Waals surface area contributed by atoms with Crippen molar-refractivity contribution in [3.8, 4) is 5.88 Å². The lowest BCUT2D eigenvalue weighted by Gasteiger charge is -2.10. The molecule has 4 heteroatoms. The predicted octanol–water partition coefficient (Wildman–Crippen LogP) is 2.58. The minimum absolute atomic E-state index is 0.186. The molecule has 0 radical (unpaired) electrons. The fourth-order valence-electron chi connectivity index (χ4n) is 1.90. The summed E-state index contributed by atoms with van der Waals surface area (Å²) in [5, 5.41) is 9.14. The summed E-state index contributed by atoms with van der Waals surface area (Å²) < 4.78 is 5.52. The lowest BCUT2D eigenvalue weighted by atomic mass is 10.1. The number of hydrogen-bond acceptors (Lipinski definition) is 3. The van der Waals surface area contributed by atoms with Crippen LogP contribution in [0, 0.1) is 19.8 Å². The van der Waals surface area contributed by atoms with Crippen molar-refractivity contribution in [3.05, 3.63) is 22.9 Å². The molecule has 1 saturated carbocycles. The first-order valence-electron chi connectivity index (χ1n) is 5.92. The van der Waals surface area contributed by atoms with Gasteiger partial charge >= 0.3 is 5.97 Å². The normalized spacial score (nSPS) is 14.7. The molecule has 1 fully saturated rings. The maximum atomic E-state index is 11.1. The molecule has 17 heavy (non-hydrogen) atoms. The Labute approximate surface area is 101 Å². The highest BCUT2D eigenvalue weighted by molar-refractivity contribution is 5.91. The molecule has 0 aliphatic heterocycles. The van der Waals surface area contributed by atoms with Crippen molar-refractivity contribution >= 4 is 5.97 Å². The molecule has 4 nitrogen and oxygen atoms in total. The summed E-state index contributed by atoms with van der Waals surface area (Å²) in [7, 11) is 0. The van der Waals surface area contributed by atoms with Crippen molar-refractivity contribution < 1.29 is 14.6 Å². The lowest BCUT2D eigenvalue weighted by molar-refractivity contribution is 0.0690. The summed E-state index contributed by atoms with van der Waals surface area (Å²) in [5.41, 5.74) is 1.67. The highest BCUT2D eigenvalue weighted by atomic mass is 16.5. The molecule has 0 spiro atoms. The third-order valence-corrected chi connectivity index (χ3v) is 2.99. The molecule has 0 saturated heterocycles. The van der Waals surface area contributed by atoms with Gasteiger partial charge in [-0.3, -0.25) is 0 Å². The van der Waals surface area contributed by atoms with Crippen molar-refractivity contribution in [3.63, 3.8) is 0 Å². The van der Waals surface area contributed by atoms with Crippen molar-refractivity contribution in [1.29, 1.82) is 0 Å². The average Bonchev–Trinajstić information content (AvgIpc) is 2.99. The molecule has 1 aliphatic rings. The second-order valence-electron chi connectivity index (χ2n) is 4.65. The van der Waals surface area contributed by atoms with Crippen LogP contribution in [0.2, 0.25) is 0 Å². The molecule has 0 atom stereocenters. The molecule has 0 amide bonds. The molecule has 1 aliphatic carbocycles. The van der Waals surface area contributed by atoms with Gasteiger partial charge in [0.1, 0.15) is 5.56 Å². The van der Waals surface area contributed by atoms with Crippen LogP contribution in [0.1, 0.15) is 40.9 Å². The average molecular weight is 235 g/mol. The molecule has 1 N–H and O–H groups in total. The van der Waals surface area contributed by atoms with Gasteiger partial charge in [-0.25, -0.2) is 9.78 Å². The number of aromatic carboxylic acids is 1. The van der Waals surface area contributed by atoms with Gasteiger partial charge in [0.15, 0.2) is 0 Å². The first-order valence-corrected chi connectivity index (χ1v) is 5.92. The van der Waals surface area contributed by atoms with E-state index in [4.69, 9.17) is 9.84 Å². The Kier molecular flexibility index (Phi) is 3.31. The monoisotopic (exact) mass is 235 g/mol. The zero-order valence-corrected chi connectivity index (χ0v) is 10.2. The second kappa shape index (κ2) is 4.73. The Bertz CT molecular complexity index is 439. The fourth-order valence-corrected chi connectivity index (χ4v) is 1.90. The van der Waals surface area contributed by atoms with E-state index < -0.39 is 5.97 Å². The van der Waals surface area contributed by atoms with E-state index >= 15 is 0 Å². The topological polar surface area (TPSA) is 59.4 Å². The van der Waals surface area contributed by atoms with E-state index in [0.717, 1.165) is 18.0 Å². The standard InChI is InChI=1S/C13H17NO3/c1-8-7-9(2)14-12(11(8)13(15)16)17-6-5-10-3-4-10/h7,10H,3-6H2,1-2H3,(H,15,16). The molecule has 1 heterocycles. The van der Waals surface area contributed by atoms with Crippen LogP contribution in [0.25, 0.3) is 0 Å². The van der Waals surface area contributed by atoms with E-state index in [9.17, 15) is 4.79 Å². The number of carboxylic acid groups (broad SMARTS) is 1. The summed E-state index contributed by atoms with van der Waals surface area (Å²) in [5.74, 6) is 0.0567. The summed E-state index contributed by atoms with van der Waals surface area (Å²) in [6, 6.07) is 1.76. The Balaban J connectivity index is 2.14. The largest absolute Gasteiger partial charge is 0.477 e. The van der Waals surface area contributed by atoms with Crippen molar-refractivity contribution in [2.75, 3.05) is 6.61 Å². The quantitative estimate of drug-likeness (QED) is 0.852. The summed E-state index contributed by atoms with van der Waals surface area (Å²) >= 11 is 0. The zero-order valence-electron chi connectivity index (χ0n) is 10.2. The van der Waals surface area contributed by atoms with Crippen LogP contribution < -0.4 is 4.74 Å². The van der Waals surface area contributed by atoms with Crippen LogP contribution in [0.15, 0.2) is 6.07 Å². The van der Waals surface area contributed by atoms with E-state index in [1.165, 1.54) is 12.8 Å². The zero-order chi connectivity index (χ0) is 12.4. The Morgan fingerprint density at radius 3 is 2.82 bits per heavy atom. The number of nitrogens with zero attached hydrogens (tertiary/aromatic N) is 1. The van der Waals surface area contributed by atoms with E-state index in [-0.39, 0.29) is 11.4 Å². The summed E-state index contributed by atoms with van der Waals surface area (Å²) in [4.78, 5) is 15.3. The van der Waals surface area contributed by atoms with Gasteiger partial charge in [0, 0.05) is 5.69 Å². The number of carboxylic acids is 1. The Morgan fingerprint density at radius 2 is 2.24 bits per heavy atom. The molecule has 1 aromatic rings. The van der Waals surface area contributed by atoms with Crippen LogP contribution in [-0.2, 0) is 0 Å². The lowest BCUT2D eigenvalue weighted by Crippen LogP contribution is -2.09. The van der Waals surface area contributed by atoms with E-state index in [1.807, 2.05) is 6.92 Å². The van der Waals surface area contributed by atoms with Gasteiger partial charge in [0.2, 0.25) is 5.88 Å². The number of hydrogen-bond donors (Lipinski definition) is 1. The van der Waals surface area contributed by atoms with Crippen LogP contribution >= 0.6 is 0 Å². The number of ether oxygens (including phenoxy) is 1. The second-order valence-corrected chi connectivity index (χ2v) is 4.65. The number of aryl methyl sites for hydroxylation is 2. The Morgan fingerprint density at radius 1 is 1.53 bits per heavy atom. The molecule has 0 unspecified atom stereocenters. The fraction of sp³-hybridized carbons (Fsp3) is 0.538. The number of pyridine rings is 1. The molecule has 0 aromatic carbocycles. The maximum Gasteiger partial charge on any atom is 0.341 e. The predicted molar refractivity (Wildman–Crippen MR) is 63.5 cm³/mol. The first-order chi connectivity index (χ1) is 8.08. The van der Waals surface area contributed by atoms with Gasteiger partial charge in [0.25, 0.3) is 0 Å². The van der Waals surface area contributed by atoms with Gasteiger partial charge in [-0.2, -0.15) is 0 Å². The Hall–Kier alpha value is -1.58. The summed E-state index contributed by atoms with van der Waals surface area (Å²) in [6.45, 7) is 4.17. The van der Waals surface area contributed by atoms with Crippen LogP contribution in [0.4, 0.5) is 0 Å². The van der Waals surface area contributed by atoms with Gasteiger partial charge in [0.05, 0.1) is 6.61 Å². The number of rotatable bonds is 5. The van der Waals surface area contributed by atoms with Gasteiger partial charge in [-0.15, -0.1) is 0 Å². The minimum atomic E-state index is -0.976. The third kappa shape index (κ3) is 2.96. The molecule has 1 aromatic heterocycles. The first kappa shape index (κ1) is 11.9. The van der Waals surface area contributed by atoms with Gasteiger partial charge < -0.3 is 9.84 Å².